The largest absolute Gasteiger partial charge is 0.298 e. The quantitative estimate of drug-likeness (QED) is 0.374. The van der Waals surface area contributed by atoms with Crippen molar-refractivity contribution in [2.24, 2.45) is 0 Å². The predicted octanol–water partition coefficient (Wildman–Crippen LogP) is 5.97. The number of hydrogen-bond acceptors (Lipinski definition) is 4. The molecule has 0 spiro atoms. The Morgan fingerprint density at radius 3 is 2.21 bits per heavy atom. The number of carbonyl (C=O) groups is 1. The molecule has 1 aliphatic rings. The average molecular weight is 476 g/mol. The van der Waals surface area contributed by atoms with Crippen molar-refractivity contribution in [3.63, 3.8) is 0 Å². The van der Waals surface area contributed by atoms with E-state index in [1.165, 1.54) is 21.6 Å². The fraction of sp³-hybridized carbons (Fsp3) is 0.185. The van der Waals surface area contributed by atoms with Crippen molar-refractivity contribution in [1.82, 2.24) is 9.88 Å². The second-order valence-corrected chi connectivity index (χ2v) is 9.23. The van der Waals surface area contributed by atoms with Crippen LogP contribution >= 0.6 is 23.7 Å². The predicted molar refractivity (Wildman–Crippen MR) is 137 cm³/mol. The van der Waals surface area contributed by atoms with Gasteiger partial charge in [0.05, 0.1) is 5.69 Å². The molecule has 6 heteroatoms. The molecule has 0 saturated heterocycles. The van der Waals surface area contributed by atoms with E-state index in [4.69, 9.17) is 4.98 Å². The highest BCUT2D eigenvalue weighted by Gasteiger charge is 2.21. The lowest BCUT2D eigenvalue weighted by Crippen LogP contribution is -2.29. The fourth-order valence-corrected chi connectivity index (χ4v) is 5.10. The van der Waals surface area contributed by atoms with E-state index in [9.17, 15) is 4.79 Å². The standard InChI is InChI=1S/C27H25N3OS.ClH/c31-26(23-13-11-21(12-14-23)17-20-7-3-1-4-8-20)29-27-28-24-15-16-30(19-25(24)32-27)18-22-9-5-2-6-10-22;/h1-14H,15-19H2,(H,28,29,31);1H. The summed E-state index contributed by atoms with van der Waals surface area (Å²) < 4.78 is 0. The molecule has 33 heavy (non-hydrogen) atoms. The highest BCUT2D eigenvalue weighted by molar-refractivity contribution is 7.15. The molecular formula is C27H26ClN3OS. The summed E-state index contributed by atoms with van der Waals surface area (Å²) >= 11 is 1.59. The molecule has 0 fully saturated rings. The molecule has 1 aliphatic heterocycles. The third-order valence-corrected chi connectivity index (χ3v) is 6.74. The number of benzene rings is 3. The summed E-state index contributed by atoms with van der Waals surface area (Å²) in [5.41, 5.74) is 5.55. The molecule has 2 heterocycles. The van der Waals surface area contributed by atoms with Gasteiger partial charge >= 0.3 is 0 Å². The van der Waals surface area contributed by atoms with E-state index >= 15 is 0 Å². The van der Waals surface area contributed by atoms with Gasteiger partial charge in [-0.25, -0.2) is 4.98 Å². The summed E-state index contributed by atoms with van der Waals surface area (Å²) in [7, 11) is 0. The van der Waals surface area contributed by atoms with Gasteiger partial charge in [-0.2, -0.15) is 0 Å². The minimum atomic E-state index is -0.108. The molecule has 0 atom stereocenters. The van der Waals surface area contributed by atoms with Crippen LogP contribution in [0.1, 0.15) is 37.6 Å². The molecule has 1 amide bonds. The molecule has 0 unspecified atom stereocenters. The number of fused-ring (bicyclic) bond motifs is 1. The van der Waals surface area contributed by atoms with Gasteiger partial charge in [0.1, 0.15) is 0 Å². The number of aromatic nitrogens is 1. The lowest BCUT2D eigenvalue weighted by atomic mass is 10.0. The zero-order chi connectivity index (χ0) is 21.8. The van der Waals surface area contributed by atoms with Gasteiger partial charge in [0.2, 0.25) is 0 Å². The molecule has 0 radical (unpaired) electrons. The lowest BCUT2D eigenvalue weighted by molar-refractivity contribution is 0.102. The number of nitrogens with one attached hydrogen (secondary N) is 1. The fourth-order valence-electron chi connectivity index (χ4n) is 4.05. The van der Waals surface area contributed by atoms with E-state index in [0.717, 1.165) is 38.2 Å². The number of halogens is 1. The summed E-state index contributed by atoms with van der Waals surface area (Å²) in [5.74, 6) is -0.108. The number of anilines is 1. The summed E-state index contributed by atoms with van der Waals surface area (Å²) in [4.78, 5) is 21.1. The number of carbonyl (C=O) groups excluding carboxylic acids is 1. The molecule has 5 rings (SSSR count). The van der Waals surface area contributed by atoms with Gasteiger partial charge < -0.3 is 0 Å². The Morgan fingerprint density at radius 2 is 1.52 bits per heavy atom. The zero-order valence-electron chi connectivity index (χ0n) is 18.2. The van der Waals surface area contributed by atoms with Crippen molar-refractivity contribution in [1.29, 1.82) is 0 Å². The van der Waals surface area contributed by atoms with Crippen LogP contribution in [0.25, 0.3) is 0 Å². The molecule has 168 valence electrons. The highest BCUT2D eigenvalue weighted by atomic mass is 35.5. The summed E-state index contributed by atoms with van der Waals surface area (Å²) in [5, 5.41) is 3.69. The second kappa shape index (κ2) is 10.8. The molecule has 4 aromatic rings. The molecule has 0 aliphatic carbocycles. The summed E-state index contributed by atoms with van der Waals surface area (Å²) in [6.45, 7) is 2.81. The highest BCUT2D eigenvalue weighted by Crippen LogP contribution is 2.29. The first kappa shape index (κ1) is 23.2. The first-order chi connectivity index (χ1) is 15.7. The molecule has 1 aromatic heterocycles. The Kier molecular flexibility index (Phi) is 7.55. The van der Waals surface area contributed by atoms with Gasteiger partial charge in [0.25, 0.3) is 5.91 Å². The van der Waals surface area contributed by atoms with Crippen molar-refractivity contribution in [2.75, 3.05) is 11.9 Å². The van der Waals surface area contributed by atoms with Gasteiger partial charge in [-0.1, -0.05) is 72.8 Å². The Hall–Kier alpha value is -2.99. The summed E-state index contributed by atoms with van der Waals surface area (Å²) in [6, 6.07) is 28.7. The van der Waals surface area contributed by atoms with Gasteiger partial charge in [-0.3, -0.25) is 15.0 Å². The third-order valence-electron chi connectivity index (χ3n) is 5.75. The van der Waals surface area contributed by atoms with E-state index in [0.29, 0.717) is 10.7 Å². The van der Waals surface area contributed by atoms with Crippen LogP contribution in [0.4, 0.5) is 5.13 Å². The van der Waals surface area contributed by atoms with Crippen LogP contribution in [-0.2, 0) is 25.9 Å². The van der Waals surface area contributed by atoms with Crippen LogP contribution in [0.15, 0.2) is 84.9 Å². The maximum absolute atomic E-state index is 12.7. The van der Waals surface area contributed by atoms with Crippen LogP contribution in [0.2, 0.25) is 0 Å². The van der Waals surface area contributed by atoms with E-state index in [1.54, 1.807) is 11.3 Å². The smallest absolute Gasteiger partial charge is 0.257 e. The van der Waals surface area contributed by atoms with Crippen molar-refractivity contribution in [2.45, 2.75) is 25.9 Å². The zero-order valence-corrected chi connectivity index (χ0v) is 19.9. The molecule has 0 bridgehead atoms. The molecule has 3 aromatic carbocycles. The van der Waals surface area contributed by atoms with Crippen LogP contribution in [0.5, 0.6) is 0 Å². The number of hydrogen-bond donors (Lipinski definition) is 1. The van der Waals surface area contributed by atoms with Gasteiger partial charge in [-0.15, -0.1) is 23.7 Å². The maximum atomic E-state index is 12.7. The van der Waals surface area contributed by atoms with E-state index < -0.39 is 0 Å². The van der Waals surface area contributed by atoms with Crippen LogP contribution in [0.3, 0.4) is 0 Å². The van der Waals surface area contributed by atoms with E-state index in [1.807, 2.05) is 48.5 Å². The van der Waals surface area contributed by atoms with Crippen molar-refractivity contribution in [3.05, 3.63) is 118 Å². The monoisotopic (exact) mass is 475 g/mol. The SMILES string of the molecule is Cl.O=C(Nc1nc2c(s1)CN(Cc1ccccc1)CC2)c1ccc(Cc2ccccc2)cc1. The number of thiazole rings is 1. The van der Waals surface area contributed by atoms with Gasteiger partial charge in [-0.05, 0) is 35.2 Å². The van der Waals surface area contributed by atoms with Gasteiger partial charge in [0.15, 0.2) is 5.13 Å². The second-order valence-electron chi connectivity index (χ2n) is 8.15. The summed E-state index contributed by atoms with van der Waals surface area (Å²) in [6.07, 6.45) is 1.78. The minimum absolute atomic E-state index is 0. The van der Waals surface area contributed by atoms with Crippen molar-refractivity contribution >= 4 is 34.8 Å². The maximum Gasteiger partial charge on any atom is 0.257 e. The minimum Gasteiger partial charge on any atom is -0.298 e. The average Bonchev–Trinajstić information content (AvgIpc) is 3.22. The first-order valence-electron chi connectivity index (χ1n) is 10.9. The topological polar surface area (TPSA) is 45.2 Å². The molecular weight excluding hydrogens is 450 g/mol. The number of nitrogens with zero attached hydrogens (tertiary/aromatic N) is 2. The Morgan fingerprint density at radius 1 is 0.879 bits per heavy atom. The van der Waals surface area contributed by atoms with Crippen LogP contribution in [0, 0.1) is 0 Å². The normalized spacial score (nSPS) is 13.1. The van der Waals surface area contributed by atoms with Crippen LogP contribution < -0.4 is 5.32 Å². The van der Waals surface area contributed by atoms with Crippen molar-refractivity contribution < 1.29 is 4.79 Å². The molecule has 1 N–H and O–H groups in total. The van der Waals surface area contributed by atoms with E-state index in [2.05, 4.69) is 46.6 Å². The third kappa shape index (κ3) is 5.88. The van der Waals surface area contributed by atoms with Crippen LogP contribution in [-0.4, -0.2) is 22.3 Å². The Balaban J connectivity index is 0.00000259. The number of amides is 1. The van der Waals surface area contributed by atoms with Crippen molar-refractivity contribution in [3.8, 4) is 0 Å². The van der Waals surface area contributed by atoms with E-state index in [-0.39, 0.29) is 18.3 Å². The van der Waals surface area contributed by atoms with Gasteiger partial charge in [0, 0.05) is 36.5 Å². The number of rotatable bonds is 6. The Labute approximate surface area is 204 Å². The molecule has 4 nitrogen and oxygen atoms in total. The lowest BCUT2D eigenvalue weighted by Gasteiger charge is -2.25. The Bertz CT molecular complexity index is 1190. The molecule has 0 saturated carbocycles. The first-order valence-corrected chi connectivity index (χ1v) is 11.7.